The van der Waals surface area contributed by atoms with Crippen LogP contribution in [0.15, 0.2) is 36.8 Å². The Bertz CT molecular complexity index is 613. The van der Waals surface area contributed by atoms with Crippen molar-refractivity contribution in [1.82, 2.24) is 9.55 Å². The van der Waals surface area contributed by atoms with Crippen LogP contribution in [0.1, 0.15) is 43.7 Å². The third-order valence-electron chi connectivity index (χ3n) is 4.98. The molecule has 1 N–H and O–H groups in total. The van der Waals surface area contributed by atoms with Crippen LogP contribution in [-0.2, 0) is 0 Å². The molecular weight excluding hydrogens is 248 g/mol. The van der Waals surface area contributed by atoms with E-state index < -0.39 is 0 Å². The van der Waals surface area contributed by atoms with Crippen molar-refractivity contribution in [2.75, 3.05) is 0 Å². The molecule has 104 valence electrons. The number of aliphatic hydroxyl groups is 1. The molecule has 4 rings (SSSR count). The van der Waals surface area contributed by atoms with Crippen LogP contribution in [-0.4, -0.2) is 20.8 Å². The molecular formula is C17H20N2O. The highest BCUT2D eigenvalue weighted by molar-refractivity contribution is 5.69. The zero-order chi connectivity index (χ0) is 13.5. The Morgan fingerprint density at radius 3 is 2.80 bits per heavy atom. The van der Waals surface area contributed by atoms with Gasteiger partial charge in [-0.25, -0.2) is 4.98 Å². The molecule has 1 aliphatic heterocycles. The van der Waals surface area contributed by atoms with Crippen LogP contribution in [0.4, 0.5) is 0 Å². The van der Waals surface area contributed by atoms with Crippen molar-refractivity contribution in [3.8, 4) is 11.3 Å². The van der Waals surface area contributed by atoms with Crippen LogP contribution in [0.2, 0.25) is 0 Å². The molecule has 0 spiro atoms. The average molecular weight is 268 g/mol. The third-order valence-corrected chi connectivity index (χ3v) is 4.98. The predicted octanol–water partition coefficient (Wildman–Crippen LogP) is 3.39. The number of aliphatic hydroxyl groups excluding tert-OH is 1. The van der Waals surface area contributed by atoms with E-state index in [-0.39, 0.29) is 12.1 Å². The van der Waals surface area contributed by atoms with Crippen LogP contribution in [0.25, 0.3) is 11.3 Å². The van der Waals surface area contributed by atoms with Gasteiger partial charge in [-0.1, -0.05) is 43.5 Å². The minimum absolute atomic E-state index is 0.0480. The minimum Gasteiger partial charge on any atom is -0.390 e. The first-order valence-electron chi connectivity index (χ1n) is 7.65. The summed E-state index contributed by atoms with van der Waals surface area (Å²) in [5.74, 6) is 0.426. The number of fused-ring (bicyclic) bond motifs is 3. The first kappa shape index (κ1) is 12.2. The standard InChI is InChI=1S/C17H20N2O/c20-17(12-6-2-1-3-7-12)16-14-9-5-4-8-13(14)15-10-18-11-19(15)16/h4-5,8-12,16-17,20H,1-3,6-7H2/t16-,17?/m1/s1. The van der Waals surface area contributed by atoms with Crippen LogP contribution in [0.5, 0.6) is 0 Å². The van der Waals surface area contributed by atoms with Gasteiger partial charge in [0.05, 0.1) is 30.4 Å². The lowest BCUT2D eigenvalue weighted by Crippen LogP contribution is -2.31. The molecule has 1 unspecified atom stereocenters. The first-order valence-corrected chi connectivity index (χ1v) is 7.65. The third kappa shape index (κ3) is 1.73. The summed E-state index contributed by atoms with van der Waals surface area (Å²) in [6.45, 7) is 0. The molecule has 2 atom stereocenters. The van der Waals surface area contributed by atoms with Crippen LogP contribution < -0.4 is 0 Å². The van der Waals surface area contributed by atoms with Crippen LogP contribution >= 0.6 is 0 Å². The van der Waals surface area contributed by atoms with Crippen LogP contribution in [0.3, 0.4) is 0 Å². The molecule has 1 fully saturated rings. The summed E-state index contributed by atoms with van der Waals surface area (Å²) in [5.41, 5.74) is 3.62. The van der Waals surface area contributed by atoms with Crippen molar-refractivity contribution in [2.45, 2.75) is 44.2 Å². The number of benzene rings is 1. The minimum atomic E-state index is -0.299. The van der Waals surface area contributed by atoms with Gasteiger partial charge in [-0.15, -0.1) is 0 Å². The van der Waals surface area contributed by atoms with E-state index in [0.717, 1.165) is 18.5 Å². The Balaban J connectivity index is 1.74. The Morgan fingerprint density at radius 1 is 1.15 bits per heavy atom. The molecule has 1 aromatic carbocycles. The average Bonchev–Trinajstić information content (AvgIpc) is 3.08. The summed E-state index contributed by atoms with van der Waals surface area (Å²) >= 11 is 0. The maximum Gasteiger partial charge on any atom is 0.0957 e. The van der Waals surface area contributed by atoms with Crippen molar-refractivity contribution < 1.29 is 5.11 Å². The van der Waals surface area contributed by atoms with Crippen molar-refractivity contribution in [3.63, 3.8) is 0 Å². The van der Waals surface area contributed by atoms with Crippen LogP contribution in [0, 0.1) is 5.92 Å². The molecule has 0 radical (unpaired) electrons. The van der Waals surface area contributed by atoms with E-state index in [0.29, 0.717) is 5.92 Å². The van der Waals surface area contributed by atoms with Crippen molar-refractivity contribution >= 4 is 0 Å². The van der Waals surface area contributed by atoms with Gasteiger partial charge in [0.25, 0.3) is 0 Å². The van der Waals surface area contributed by atoms with E-state index in [1.165, 1.54) is 30.4 Å². The number of nitrogens with zero attached hydrogens (tertiary/aromatic N) is 2. The summed E-state index contributed by atoms with van der Waals surface area (Å²) in [7, 11) is 0. The second-order valence-corrected chi connectivity index (χ2v) is 6.11. The molecule has 0 bridgehead atoms. The van der Waals surface area contributed by atoms with Gasteiger partial charge in [-0.3, -0.25) is 0 Å². The van der Waals surface area contributed by atoms with Gasteiger partial charge in [0.1, 0.15) is 0 Å². The fourth-order valence-electron chi connectivity index (χ4n) is 3.95. The largest absolute Gasteiger partial charge is 0.390 e. The van der Waals surface area contributed by atoms with Gasteiger partial charge in [-0.2, -0.15) is 0 Å². The fraction of sp³-hybridized carbons (Fsp3) is 0.471. The number of imidazole rings is 1. The van der Waals surface area contributed by atoms with E-state index in [2.05, 4.69) is 33.8 Å². The summed E-state index contributed by atoms with van der Waals surface area (Å²) < 4.78 is 2.16. The van der Waals surface area contributed by atoms with E-state index in [1.54, 1.807) is 0 Å². The van der Waals surface area contributed by atoms with E-state index in [4.69, 9.17) is 0 Å². The van der Waals surface area contributed by atoms with Crippen molar-refractivity contribution in [3.05, 3.63) is 42.4 Å². The maximum absolute atomic E-state index is 10.9. The zero-order valence-corrected chi connectivity index (χ0v) is 11.6. The van der Waals surface area contributed by atoms with Gasteiger partial charge >= 0.3 is 0 Å². The Hall–Kier alpha value is -1.61. The lowest BCUT2D eigenvalue weighted by atomic mass is 9.81. The fourth-order valence-corrected chi connectivity index (χ4v) is 3.95. The summed E-state index contributed by atoms with van der Waals surface area (Å²) in [5, 5.41) is 10.9. The highest BCUT2D eigenvalue weighted by Gasteiger charge is 2.37. The molecule has 20 heavy (non-hydrogen) atoms. The highest BCUT2D eigenvalue weighted by Crippen LogP contribution is 2.44. The zero-order valence-electron chi connectivity index (χ0n) is 11.6. The van der Waals surface area contributed by atoms with Crippen molar-refractivity contribution in [2.24, 2.45) is 5.92 Å². The second-order valence-electron chi connectivity index (χ2n) is 6.11. The van der Waals surface area contributed by atoms with E-state index in [1.807, 2.05) is 12.5 Å². The van der Waals surface area contributed by atoms with Gasteiger partial charge < -0.3 is 9.67 Å². The molecule has 1 aliphatic carbocycles. The highest BCUT2D eigenvalue weighted by atomic mass is 16.3. The smallest absolute Gasteiger partial charge is 0.0957 e. The molecule has 1 saturated carbocycles. The molecule has 1 aromatic heterocycles. The summed E-state index contributed by atoms with van der Waals surface area (Å²) in [6, 6.07) is 8.46. The molecule has 2 heterocycles. The SMILES string of the molecule is OC(C1CCCCC1)[C@H]1c2ccccc2-c2cncn21. The maximum atomic E-state index is 10.9. The second kappa shape index (κ2) is 4.74. The van der Waals surface area contributed by atoms with Gasteiger partial charge in [-0.05, 0) is 24.3 Å². The number of hydrogen-bond donors (Lipinski definition) is 1. The molecule has 3 heteroatoms. The van der Waals surface area contributed by atoms with E-state index in [9.17, 15) is 5.11 Å². The Labute approximate surface area is 119 Å². The van der Waals surface area contributed by atoms with E-state index >= 15 is 0 Å². The quantitative estimate of drug-likeness (QED) is 0.906. The molecule has 0 saturated heterocycles. The van der Waals surface area contributed by atoms with Gasteiger partial charge in [0.15, 0.2) is 0 Å². The monoisotopic (exact) mass is 268 g/mol. The Morgan fingerprint density at radius 2 is 1.95 bits per heavy atom. The summed E-state index contributed by atoms with van der Waals surface area (Å²) in [4.78, 5) is 4.27. The number of rotatable bonds is 2. The molecule has 0 amide bonds. The topological polar surface area (TPSA) is 38.1 Å². The van der Waals surface area contributed by atoms with Crippen molar-refractivity contribution in [1.29, 1.82) is 0 Å². The molecule has 3 nitrogen and oxygen atoms in total. The molecule has 2 aliphatic rings. The van der Waals surface area contributed by atoms with Gasteiger partial charge in [0.2, 0.25) is 0 Å². The first-order chi connectivity index (χ1) is 9.86. The summed E-state index contributed by atoms with van der Waals surface area (Å²) in [6.07, 6.45) is 9.62. The van der Waals surface area contributed by atoms with Gasteiger partial charge in [0, 0.05) is 5.56 Å². The predicted molar refractivity (Wildman–Crippen MR) is 78.4 cm³/mol. The number of hydrogen-bond acceptors (Lipinski definition) is 2. The normalized spacial score (nSPS) is 23.4. The lowest BCUT2D eigenvalue weighted by molar-refractivity contribution is 0.0536. The Kier molecular flexibility index (Phi) is 2.88. The lowest BCUT2D eigenvalue weighted by Gasteiger charge is -2.31. The number of aromatic nitrogens is 2. The molecule has 2 aromatic rings.